The molecule has 1 heterocycles. The second kappa shape index (κ2) is 13.8. The number of amides is 2. The van der Waals surface area contributed by atoms with Gasteiger partial charge in [0.25, 0.3) is 5.91 Å². The maximum absolute atomic E-state index is 13.7. The van der Waals surface area contributed by atoms with Crippen LogP contribution in [0.3, 0.4) is 0 Å². The summed E-state index contributed by atoms with van der Waals surface area (Å²) in [4.78, 5) is 37.7. The summed E-state index contributed by atoms with van der Waals surface area (Å²) in [6, 6.07) is 17.9. The number of methoxy groups -OCH3 is 1. The van der Waals surface area contributed by atoms with Crippen LogP contribution in [-0.4, -0.2) is 48.4 Å². The van der Waals surface area contributed by atoms with E-state index in [1.807, 2.05) is 54.6 Å². The fraction of sp³-hybridized carbons (Fsp3) is 0.515. The summed E-state index contributed by atoms with van der Waals surface area (Å²) in [7, 11) is 1.43. The Kier molecular flexibility index (Phi) is 9.70. The van der Waals surface area contributed by atoms with E-state index in [1.54, 1.807) is 0 Å². The second-order valence-electron chi connectivity index (χ2n) is 11.6. The first kappa shape index (κ1) is 28.8. The number of nitrogens with one attached hydrogen (secondary N) is 1. The van der Waals surface area contributed by atoms with Gasteiger partial charge in [-0.1, -0.05) is 55.3 Å². The van der Waals surface area contributed by atoms with E-state index in [4.69, 9.17) is 9.47 Å². The maximum atomic E-state index is 13.7. The molecule has 3 aliphatic rings. The third kappa shape index (κ3) is 7.54. The van der Waals surface area contributed by atoms with Gasteiger partial charge in [-0.05, 0) is 80.0 Å². The molecule has 5 rings (SSSR count). The highest BCUT2D eigenvalue weighted by molar-refractivity contribution is 5.97. The molecule has 0 saturated heterocycles. The average molecular weight is 560 g/mol. The molecule has 41 heavy (non-hydrogen) atoms. The Labute approximate surface area is 242 Å². The molecule has 0 spiro atoms. The second-order valence-corrected chi connectivity index (χ2v) is 11.6. The zero-order valence-corrected chi connectivity index (χ0v) is 23.9. The van der Waals surface area contributed by atoms with Gasteiger partial charge in [-0.25, -0.2) is 5.01 Å². The van der Waals surface area contributed by atoms with E-state index in [9.17, 15) is 14.4 Å². The van der Waals surface area contributed by atoms with E-state index < -0.39 is 0 Å². The van der Waals surface area contributed by atoms with Gasteiger partial charge in [-0.15, -0.1) is 5.10 Å². The maximum Gasteiger partial charge on any atom is 0.305 e. The van der Waals surface area contributed by atoms with Crippen molar-refractivity contribution in [2.75, 3.05) is 13.7 Å². The minimum absolute atomic E-state index is 0.0388. The third-order valence-electron chi connectivity index (χ3n) is 8.85. The number of nitrogens with zero attached hydrogens (tertiary/aromatic N) is 2. The lowest BCUT2D eigenvalue weighted by Crippen LogP contribution is -2.41. The van der Waals surface area contributed by atoms with E-state index in [0.717, 1.165) is 61.6 Å². The number of carbonyl (C=O) groups is 3. The quantitative estimate of drug-likeness (QED) is 0.398. The summed E-state index contributed by atoms with van der Waals surface area (Å²) in [6.45, 7) is 0.307. The van der Waals surface area contributed by atoms with Crippen LogP contribution < -0.4 is 5.32 Å². The molecule has 1 aliphatic heterocycles. The van der Waals surface area contributed by atoms with Gasteiger partial charge in [0, 0.05) is 18.0 Å². The zero-order valence-electron chi connectivity index (χ0n) is 23.9. The van der Waals surface area contributed by atoms with Crippen LogP contribution in [0.25, 0.3) is 0 Å². The van der Waals surface area contributed by atoms with Gasteiger partial charge in [0.1, 0.15) is 0 Å². The average Bonchev–Trinajstić information content (AvgIpc) is 3.53. The van der Waals surface area contributed by atoms with E-state index in [1.165, 1.54) is 25.0 Å². The molecular weight excluding hydrogens is 518 g/mol. The van der Waals surface area contributed by atoms with Gasteiger partial charge in [0.05, 0.1) is 19.6 Å². The number of hydrogen-bond donors (Lipinski definition) is 1. The predicted octanol–water partition coefficient (Wildman–Crippen LogP) is 5.31. The molecule has 2 aliphatic carbocycles. The molecule has 1 atom stereocenters. The summed E-state index contributed by atoms with van der Waals surface area (Å²) in [5.41, 5.74) is 2.82. The number of hydrogen-bond acceptors (Lipinski definition) is 6. The minimum Gasteiger partial charge on any atom is -0.469 e. The Bertz CT molecular complexity index is 1220. The zero-order chi connectivity index (χ0) is 28.6. The van der Waals surface area contributed by atoms with Crippen LogP contribution in [0, 0.1) is 11.8 Å². The van der Waals surface area contributed by atoms with Crippen molar-refractivity contribution >= 4 is 23.7 Å². The molecule has 0 radical (unpaired) electrons. The van der Waals surface area contributed by atoms with Crippen molar-refractivity contribution in [3.05, 3.63) is 71.3 Å². The number of esters is 1. The smallest absolute Gasteiger partial charge is 0.305 e. The van der Waals surface area contributed by atoms with Crippen LogP contribution in [0.15, 0.2) is 59.7 Å². The van der Waals surface area contributed by atoms with Gasteiger partial charge in [-0.3, -0.25) is 14.4 Å². The Morgan fingerprint density at radius 1 is 1.00 bits per heavy atom. The van der Waals surface area contributed by atoms with E-state index in [0.29, 0.717) is 30.7 Å². The summed E-state index contributed by atoms with van der Waals surface area (Å²) in [5, 5.41) is 9.31. The van der Waals surface area contributed by atoms with Crippen LogP contribution in [0.4, 0.5) is 0 Å². The van der Waals surface area contributed by atoms with E-state index in [2.05, 4.69) is 10.4 Å². The van der Waals surface area contributed by atoms with E-state index in [-0.39, 0.29) is 36.4 Å². The van der Waals surface area contributed by atoms with E-state index >= 15 is 0 Å². The standard InChI is InChI=1S/C33H41N3O5/c1-40-30(38)20-15-23-13-18-28(19-14-23)34-32(39)31(25-7-5-6-8-25)26-16-11-24(12-17-26)21-36-29(37)22-41-33(35-36)27-9-3-2-4-10-27/h2-4,9-12,16-17,23,25,28,31H,5-8,13-15,18-22H2,1H3,(H,34,39). The monoisotopic (exact) mass is 559 g/mol. The first-order valence-corrected chi connectivity index (χ1v) is 15.0. The van der Waals surface area contributed by atoms with Crippen LogP contribution in [0.5, 0.6) is 0 Å². The van der Waals surface area contributed by atoms with Crippen LogP contribution in [0.2, 0.25) is 0 Å². The fourth-order valence-corrected chi connectivity index (χ4v) is 6.49. The van der Waals surface area contributed by atoms with Crippen molar-refractivity contribution in [2.45, 2.75) is 82.7 Å². The normalized spacial score (nSPS) is 22.0. The molecule has 2 aromatic rings. The van der Waals surface area contributed by atoms with Crippen molar-refractivity contribution in [1.29, 1.82) is 0 Å². The topological polar surface area (TPSA) is 97.3 Å². The number of rotatable bonds is 10. The number of benzene rings is 2. The Hall–Kier alpha value is -3.68. The molecular formula is C33H41N3O5. The molecule has 8 nitrogen and oxygen atoms in total. The molecule has 218 valence electrons. The molecule has 2 aromatic carbocycles. The molecule has 2 fully saturated rings. The molecule has 1 unspecified atom stereocenters. The molecule has 0 bridgehead atoms. The molecule has 2 saturated carbocycles. The van der Waals surface area contributed by atoms with Crippen LogP contribution >= 0.6 is 0 Å². The largest absolute Gasteiger partial charge is 0.469 e. The lowest BCUT2D eigenvalue weighted by atomic mass is 9.81. The number of ether oxygens (including phenoxy) is 2. The molecule has 1 N–H and O–H groups in total. The lowest BCUT2D eigenvalue weighted by molar-refractivity contribution is -0.141. The van der Waals surface area contributed by atoms with Gasteiger partial charge >= 0.3 is 5.97 Å². The fourth-order valence-electron chi connectivity index (χ4n) is 6.49. The van der Waals surface area contributed by atoms with Crippen LogP contribution in [0.1, 0.15) is 86.8 Å². The number of hydrazone groups is 1. The van der Waals surface area contributed by atoms with Crippen molar-refractivity contribution < 1.29 is 23.9 Å². The highest BCUT2D eigenvalue weighted by atomic mass is 16.5. The van der Waals surface area contributed by atoms with Gasteiger partial charge < -0.3 is 14.8 Å². The first-order chi connectivity index (χ1) is 20.0. The predicted molar refractivity (Wildman–Crippen MR) is 156 cm³/mol. The first-order valence-electron chi connectivity index (χ1n) is 15.0. The molecule has 2 amide bonds. The van der Waals surface area contributed by atoms with Crippen molar-refractivity contribution in [3.8, 4) is 0 Å². The minimum atomic E-state index is -0.183. The van der Waals surface area contributed by atoms with Crippen molar-refractivity contribution in [3.63, 3.8) is 0 Å². The highest BCUT2D eigenvalue weighted by Gasteiger charge is 2.34. The van der Waals surface area contributed by atoms with Gasteiger partial charge in [0.2, 0.25) is 11.8 Å². The van der Waals surface area contributed by atoms with Crippen molar-refractivity contribution in [1.82, 2.24) is 10.3 Å². The van der Waals surface area contributed by atoms with Gasteiger partial charge in [-0.2, -0.15) is 0 Å². The summed E-state index contributed by atoms with van der Waals surface area (Å²) < 4.78 is 10.3. The SMILES string of the molecule is COC(=O)CCC1CCC(NC(=O)C(c2ccc(CN3N=C(c4ccccc4)OCC3=O)cc2)C2CCCC2)CC1. The Morgan fingerprint density at radius 2 is 1.71 bits per heavy atom. The molecule has 8 heteroatoms. The van der Waals surface area contributed by atoms with Gasteiger partial charge in [0.15, 0.2) is 6.61 Å². The third-order valence-corrected chi connectivity index (χ3v) is 8.85. The summed E-state index contributed by atoms with van der Waals surface area (Å²) in [6.07, 6.45) is 9.76. The number of carbonyl (C=O) groups excluding carboxylic acids is 3. The lowest BCUT2D eigenvalue weighted by Gasteiger charge is -2.31. The summed E-state index contributed by atoms with van der Waals surface area (Å²) in [5.74, 6) is 0.934. The Morgan fingerprint density at radius 3 is 2.39 bits per heavy atom. The van der Waals surface area contributed by atoms with Crippen molar-refractivity contribution in [2.24, 2.45) is 16.9 Å². The Balaban J connectivity index is 1.21. The highest BCUT2D eigenvalue weighted by Crippen LogP contribution is 2.38. The van der Waals surface area contributed by atoms with Crippen LogP contribution in [-0.2, 0) is 30.4 Å². The summed E-state index contributed by atoms with van der Waals surface area (Å²) >= 11 is 0. The molecule has 0 aromatic heterocycles.